The minimum Gasteiger partial charge on any atom is -0.355 e. The van der Waals surface area contributed by atoms with Gasteiger partial charge in [0.15, 0.2) is 0 Å². The molecule has 8 heteroatoms. The zero-order valence-corrected chi connectivity index (χ0v) is 12.0. The smallest absolute Gasteiger partial charge is 0.355 e. The van der Waals surface area contributed by atoms with E-state index in [-0.39, 0.29) is 5.69 Å². The van der Waals surface area contributed by atoms with Crippen LogP contribution in [-0.2, 0) is 6.18 Å². The summed E-state index contributed by atoms with van der Waals surface area (Å²) in [6.07, 6.45) is -2.91. The lowest BCUT2D eigenvalue weighted by atomic mass is 10.1. The lowest BCUT2D eigenvalue weighted by Crippen LogP contribution is -2.04. The quantitative estimate of drug-likeness (QED) is 0.546. The summed E-state index contributed by atoms with van der Waals surface area (Å²) < 4.78 is 37.8. The van der Waals surface area contributed by atoms with Crippen molar-refractivity contribution < 1.29 is 18.1 Å². The third-order valence-electron chi connectivity index (χ3n) is 3.41. The maximum absolute atomic E-state index is 12.6. The molecule has 0 saturated carbocycles. The van der Waals surface area contributed by atoms with E-state index in [0.29, 0.717) is 22.3 Å². The third kappa shape index (κ3) is 3.12. The summed E-state index contributed by atoms with van der Waals surface area (Å²) in [5, 5.41) is 14.6. The average molecular weight is 333 g/mol. The Morgan fingerprint density at radius 2 is 1.79 bits per heavy atom. The lowest BCUT2D eigenvalue weighted by Gasteiger charge is -2.11. The van der Waals surface area contributed by atoms with Crippen LogP contribution in [0, 0.1) is 10.1 Å². The number of aromatic nitrogens is 1. The number of alkyl halides is 3. The predicted octanol–water partition coefficient (Wildman–Crippen LogP) is 4.91. The number of pyridine rings is 1. The maximum atomic E-state index is 12.6. The van der Waals surface area contributed by atoms with Crippen LogP contribution in [0.2, 0.25) is 0 Å². The topological polar surface area (TPSA) is 68.1 Å². The largest absolute Gasteiger partial charge is 0.416 e. The molecule has 0 saturated heterocycles. The van der Waals surface area contributed by atoms with Crippen LogP contribution in [0.1, 0.15) is 5.56 Å². The van der Waals surface area contributed by atoms with Crippen molar-refractivity contribution in [3.05, 3.63) is 70.4 Å². The minimum atomic E-state index is -4.42. The first-order valence-electron chi connectivity index (χ1n) is 6.82. The normalized spacial score (nSPS) is 11.5. The molecular weight excluding hydrogens is 323 g/mol. The Morgan fingerprint density at radius 3 is 2.42 bits per heavy atom. The molecule has 3 aromatic rings. The minimum absolute atomic E-state index is 0.157. The Bertz CT molecular complexity index is 909. The van der Waals surface area contributed by atoms with E-state index >= 15 is 0 Å². The van der Waals surface area contributed by atoms with Gasteiger partial charge < -0.3 is 5.32 Å². The van der Waals surface area contributed by atoms with E-state index in [0.717, 1.165) is 12.1 Å². The Morgan fingerprint density at radius 1 is 1.08 bits per heavy atom. The fourth-order valence-corrected chi connectivity index (χ4v) is 2.27. The van der Waals surface area contributed by atoms with Crippen molar-refractivity contribution in [2.45, 2.75) is 6.18 Å². The summed E-state index contributed by atoms with van der Waals surface area (Å²) >= 11 is 0. The Hall–Kier alpha value is -3.16. The van der Waals surface area contributed by atoms with Gasteiger partial charge in [0.2, 0.25) is 0 Å². The van der Waals surface area contributed by atoms with Crippen molar-refractivity contribution in [1.29, 1.82) is 0 Å². The van der Waals surface area contributed by atoms with Crippen molar-refractivity contribution in [2.75, 3.05) is 5.32 Å². The molecule has 1 heterocycles. The molecule has 0 amide bonds. The molecule has 0 radical (unpaired) electrons. The average Bonchev–Trinajstić information content (AvgIpc) is 2.54. The van der Waals surface area contributed by atoms with Crippen molar-refractivity contribution >= 4 is 28.0 Å². The standard InChI is InChI=1S/C16H10F3N3O2/c17-16(18,19)10-3-5-11(6-4-10)21-15-9-12(22(23)24)8-14-13(15)2-1-7-20-14/h1-9,21H. The van der Waals surface area contributed by atoms with Crippen LogP contribution in [0.3, 0.4) is 0 Å². The van der Waals surface area contributed by atoms with E-state index in [9.17, 15) is 23.3 Å². The highest BCUT2D eigenvalue weighted by Gasteiger charge is 2.29. The summed E-state index contributed by atoms with van der Waals surface area (Å²) in [7, 11) is 0. The number of non-ortho nitro benzene ring substituents is 1. The molecule has 0 bridgehead atoms. The maximum Gasteiger partial charge on any atom is 0.416 e. The lowest BCUT2D eigenvalue weighted by molar-refractivity contribution is -0.384. The van der Waals surface area contributed by atoms with Gasteiger partial charge in [-0.2, -0.15) is 13.2 Å². The fourth-order valence-electron chi connectivity index (χ4n) is 2.27. The van der Waals surface area contributed by atoms with Gasteiger partial charge in [-0.3, -0.25) is 15.1 Å². The fraction of sp³-hybridized carbons (Fsp3) is 0.0625. The highest BCUT2D eigenvalue weighted by atomic mass is 19.4. The molecular formula is C16H10F3N3O2. The monoisotopic (exact) mass is 333 g/mol. The first-order valence-corrected chi connectivity index (χ1v) is 6.82. The van der Waals surface area contributed by atoms with Crippen LogP contribution in [0.15, 0.2) is 54.7 Å². The Kier molecular flexibility index (Phi) is 3.80. The summed E-state index contributed by atoms with van der Waals surface area (Å²) in [4.78, 5) is 14.6. The van der Waals surface area contributed by atoms with E-state index in [2.05, 4.69) is 10.3 Å². The van der Waals surface area contributed by atoms with Crippen LogP contribution >= 0.6 is 0 Å². The van der Waals surface area contributed by atoms with E-state index in [1.807, 2.05) is 0 Å². The van der Waals surface area contributed by atoms with Gasteiger partial charge >= 0.3 is 6.18 Å². The van der Waals surface area contributed by atoms with Crippen LogP contribution in [0.5, 0.6) is 0 Å². The first kappa shape index (κ1) is 15.7. The number of nitro groups is 1. The number of nitrogens with one attached hydrogen (secondary N) is 1. The molecule has 122 valence electrons. The Balaban J connectivity index is 2.01. The zero-order valence-electron chi connectivity index (χ0n) is 12.0. The summed E-state index contributed by atoms with van der Waals surface area (Å²) in [6.45, 7) is 0. The summed E-state index contributed by atoms with van der Waals surface area (Å²) in [5.74, 6) is 0. The number of anilines is 2. The molecule has 0 spiro atoms. The van der Waals surface area contributed by atoms with Gasteiger partial charge in [0, 0.05) is 29.4 Å². The van der Waals surface area contributed by atoms with Crippen molar-refractivity contribution in [2.24, 2.45) is 0 Å². The number of hydrogen-bond donors (Lipinski definition) is 1. The van der Waals surface area contributed by atoms with Gasteiger partial charge in [0.05, 0.1) is 21.7 Å². The van der Waals surface area contributed by atoms with Gasteiger partial charge in [-0.15, -0.1) is 0 Å². The molecule has 0 atom stereocenters. The molecule has 0 aliphatic rings. The second-order valence-corrected chi connectivity index (χ2v) is 5.02. The van der Waals surface area contributed by atoms with E-state index in [1.165, 1.54) is 30.5 Å². The number of nitro benzene ring substituents is 1. The first-order chi connectivity index (χ1) is 11.3. The summed E-state index contributed by atoms with van der Waals surface area (Å²) in [5.41, 5.74) is 0.274. The molecule has 1 N–H and O–H groups in total. The molecule has 0 aliphatic carbocycles. The number of benzene rings is 2. The van der Waals surface area contributed by atoms with E-state index in [4.69, 9.17) is 0 Å². The highest BCUT2D eigenvalue weighted by Crippen LogP contribution is 2.33. The molecule has 0 fully saturated rings. The van der Waals surface area contributed by atoms with Gasteiger partial charge in [0.1, 0.15) is 0 Å². The number of fused-ring (bicyclic) bond motifs is 1. The number of rotatable bonds is 3. The highest BCUT2D eigenvalue weighted by molar-refractivity contribution is 5.95. The van der Waals surface area contributed by atoms with Crippen molar-refractivity contribution in [1.82, 2.24) is 4.98 Å². The van der Waals surface area contributed by atoms with Gasteiger partial charge in [-0.1, -0.05) is 0 Å². The van der Waals surface area contributed by atoms with Crippen LogP contribution in [-0.4, -0.2) is 9.91 Å². The van der Waals surface area contributed by atoms with Crippen LogP contribution in [0.25, 0.3) is 10.9 Å². The van der Waals surface area contributed by atoms with Gasteiger partial charge in [0.25, 0.3) is 5.69 Å². The van der Waals surface area contributed by atoms with E-state index < -0.39 is 16.7 Å². The SMILES string of the molecule is O=[N+]([O-])c1cc(Nc2ccc(C(F)(F)F)cc2)c2cccnc2c1. The third-order valence-corrected chi connectivity index (χ3v) is 3.41. The second kappa shape index (κ2) is 5.80. The zero-order chi connectivity index (χ0) is 17.3. The number of halogens is 3. The molecule has 0 aliphatic heterocycles. The number of hydrogen-bond acceptors (Lipinski definition) is 4. The number of nitrogens with zero attached hydrogens (tertiary/aromatic N) is 2. The van der Waals surface area contributed by atoms with Crippen molar-refractivity contribution in [3.63, 3.8) is 0 Å². The molecule has 24 heavy (non-hydrogen) atoms. The molecule has 1 aromatic heterocycles. The predicted molar refractivity (Wildman–Crippen MR) is 83.1 cm³/mol. The Labute approximate surface area is 133 Å². The van der Waals surface area contributed by atoms with Crippen LogP contribution in [0.4, 0.5) is 30.2 Å². The van der Waals surface area contributed by atoms with E-state index in [1.54, 1.807) is 12.1 Å². The molecule has 5 nitrogen and oxygen atoms in total. The molecule has 0 unspecified atom stereocenters. The van der Waals surface area contributed by atoms with Gasteiger partial charge in [-0.05, 0) is 36.4 Å². The van der Waals surface area contributed by atoms with Gasteiger partial charge in [-0.25, -0.2) is 0 Å². The molecule has 3 rings (SSSR count). The van der Waals surface area contributed by atoms with Crippen molar-refractivity contribution in [3.8, 4) is 0 Å². The summed E-state index contributed by atoms with van der Waals surface area (Å²) in [6, 6.07) is 10.5. The molecule has 2 aromatic carbocycles. The van der Waals surface area contributed by atoms with Crippen LogP contribution < -0.4 is 5.32 Å². The second-order valence-electron chi connectivity index (χ2n) is 5.02.